The standard InChI is InChI=1S/C18H11Cl2N3S/c19-15-7-6-14(8-16(15)20)22-10-13(9-21)18-23-17(11-24-18)12-4-2-1-3-5-12/h1-8,10-11,22H/b13-10-. The Morgan fingerprint density at radius 1 is 1.12 bits per heavy atom. The monoisotopic (exact) mass is 371 g/mol. The second kappa shape index (κ2) is 7.50. The molecule has 3 aromatic rings. The summed E-state index contributed by atoms with van der Waals surface area (Å²) >= 11 is 13.3. The van der Waals surface area contributed by atoms with Crippen LogP contribution >= 0.6 is 34.5 Å². The Kier molecular flexibility index (Phi) is 5.17. The molecule has 118 valence electrons. The van der Waals surface area contributed by atoms with E-state index in [4.69, 9.17) is 23.2 Å². The molecule has 0 aliphatic heterocycles. The molecule has 1 aromatic heterocycles. The number of allylic oxidation sites excluding steroid dienone is 1. The summed E-state index contributed by atoms with van der Waals surface area (Å²) in [4.78, 5) is 4.54. The maximum atomic E-state index is 9.40. The number of hydrogen-bond acceptors (Lipinski definition) is 4. The minimum Gasteiger partial charge on any atom is -0.360 e. The quantitative estimate of drug-likeness (QED) is 0.564. The largest absolute Gasteiger partial charge is 0.360 e. The number of rotatable bonds is 4. The maximum Gasteiger partial charge on any atom is 0.136 e. The van der Waals surface area contributed by atoms with Gasteiger partial charge in [0, 0.05) is 22.8 Å². The molecule has 0 amide bonds. The zero-order valence-corrected chi connectivity index (χ0v) is 14.7. The van der Waals surface area contributed by atoms with Gasteiger partial charge in [-0.15, -0.1) is 11.3 Å². The van der Waals surface area contributed by atoms with Crippen molar-refractivity contribution in [3.63, 3.8) is 0 Å². The van der Waals surface area contributed by atoms with E-state index in [2.05, 4.69) is 16.4 Å². The van der Waals surface area contributed by atoms with Gasteiger partial charge in [0.2, 0.25) is 0 Å². The molecule has 3 nitrogen and oxygen atoms in total. The lowest BCUT2D eigenvalue weighted by Gasteiger charge is -2.03. The van der Waals surface area contributed by atoms with E-state index < -0.39 is 0 Å². The van der Waals surface area contributed by atoms with Crippen molar-refractivity contribution in [1.82, 2.24) is 4.98 Å². The van der Waals surface area contributed by atoms with E-state index >= 15 is 0 Å². The summed E-state index contributed by atoms with van der Waals surface area (Å²) in [6, 6.07) is 17.2. The molecule has 0 atom stereocenters. The van der Waals surface area contributed by atoms with Gasteiger partial charge in [0.1, 0.15) is 16.6 Å². The first-order valence-electron chi connectivity index (χ1n) is 7.00. The summed E-state index contributed by atoms with van der Waals surface area (Å²) in [6.07, 6.45) is 1.62. The van der Waals surface area contributed by atoms with Gasteiger partial charge >= 0.3 is 0 Å². The minimum absolute atomic E-state index is 0.452. The number of nitrogens with zero attached hydrogens (tertiary/aromatic N) is 2. The molecule has 0 spiro atoms. The predicted octanol–water partition coefficient (Wildman–Crippen LogP) is 6.09. The number of thiazole rings is 1. The fraction of sp³-hybridized carbons (Fsp3) is 0. The topological polar surface area (TPSA) is 48.7 Å². The average molecular weight is 372 g/mol. The summed E-state index contributed by atoms with van der Waals surface area (Å²) in [7, 11) is 0. The van der Waals surface area contributed by atoms with Gasteiger partial charge in [-0.3, -0.25) is 0 Å². The van der Waals surface area contributed by atoms with Crippen LogP contribution in [0.3, 0.4) is 0 Å². The van der Waals surface area contributed by atoms with E-state index in [1.54, 1.807) is 24.4 Å². The van der Waals surface area contributed by atoms with Crippen molar-refractivity contribution in [3.8, 4) is 17.3 Å². The van der Waals surface area contributed by atoms with Crippen LogP contribution in [0.4, 0.5) is 5.69 Å². The predicted molar refractivity (Wildman–Crippen MR) is 101 cm³/mol. The Bertz CT molecular complexity index is 927. The first kappa shape index (κ1) is 16.5. The lowest BCUT2D eigenvalue weighted by Crippen LogP contribution is -1.91. The number of nitrogens with one attached hydrogen (secondary N) is 1. The van der Waals surface area contributed by atoms with Gasteiger partial charge in [-0.05, 0) is 18.2 Å². The summed E-state index contributed by atoms with van der Waals surface area (Å²) in [5, 5.41) is 16.0. The summed E-state index contributed by atoms with van der Waals surface area (Å²) in [5.74, 6) is 0. The third kappa shape index (κ3) is 3.77. The van der Waals surface area contributed by atoms with E-state index in [0.29, 0.717) is 20.6 Å². The van der Waals surface area contributed by atoms with Gasteiger partial charge in [0.05, 0.1) is 15.7 Å². The van der Waals surface area contributed by atoms with Crippen molar-refractivity contribution in [2.45, 2.75) is 0 Å². The molecule has 24 heavy (non-hydrogen) atoms. The number of aromatic nitrogens is 1. The number of benzene rings is 2. The Labute approximate surface area is 153 Å². The minimum atomic E-state index is 0.452. The van der Waals surface area contributed by atoms with Gasteiger partial charge in [0.25, 0.3) is 0 Å². The molecule has 0 unspecified atom stereocenters. The van der Waals surface area contributed by atoms with E-state index in [1.165, 1.54) is 11.3 Å². The van der Waals surface area contributed by atoms with Crippen LogP contribution in [0.15, 0.2) is 60.1 Å². The molecular formula is C18H11Cl2N3S. The fourth-order valence-corrected chi connectivity index (χ4v) is 3.11. The molecular weight excluding hydrogens is 361 g/mol. The third-order valence-corrected chi connectivity index (χ3v) is 4.84. The molecule has 1 heterocycles. The number of anilines is 1. The fourth-order valence-electron chi connectivity index (χ4n) is 2.02. The van der Waals surface area contributed by atoms with E-state index in [0.717, 1.165) is 16.9 Å². The molecule has 0 bridgehead atoms. The number of hydrogen-bond donors (Lipinski definition) is 1. The van der Waals surface area contributed by atoms with Gasteiger partial charge in [-0.2, -0.15) is 5.26 Å². The molecule has 3 rings (SSSR count). The Hall–Kier alpha value is -2.32. The Balaban J connectivity index is 1.82. The van der Waals surface area contributed by atoms with E-state index in [-0.39, 0.29) is 0 Å². The first-order chi connectivity index (χ1) is 11.7. The van der Waals surface area contributed by atoms with Crippen molar-refractivity contribution < 1.29 is 0 Å². The van der Waals surface area contributed by atoms with Crippen LogP contribution in [0, 0.1) is 11.3 Å². The zero-order valence-electron chi connectivity index (χ0n) is 12.3. The van der Waals surface area contributed by atoms with Gasteiger partial charge in [-0.25, -0.2) is 4.98 Å². The summed E-state index contributed by atoms with van der Waals surface area (Å²) in [6.45, 7) is 0. The SMILES string of the molecule is N#C/C(=C/Nc1ccc(Cl)c(Cl)c1)c1nc(-c2ccccc2)cs1. The van der Waals surface area contributed by atoms with Crippen LogP contribution in [0.2, 0.25) is 10.0 Å². The van der Waals surface area contributed by atoms with E-state index in [9.17, 15) is 5.26 Å². The maximum absolute atomic E-state index is 9.40. The van der Waals surface area contributed by atoms with E-state index in [1.807, 2.05) is 35.7 Å². The molecule has 0 fully saturated rings. The molecule has 0 radical (unpaired) electrons. The second-order valence-electron chi connectivity index (χ2n) is 4.85. The number of halogens is 2. The van der Waals surface area contributed by atoms with Crippen molar-refractivity contribution in [2.75, 3.05) is 5.32 Å². The van der Waals surface area contributed by atoms with Crippen molar-refractivity contribution >= 4 is 45.8 Å². The van der Waals surface area contributed by atoms with Crippen LogP contribution in [-0.4, -0.2) is 4.98 Å². The summed E-state index contributed by atoms with van der Waals surface area (Å²) < 4.78 is 0. The van der Waals surface area contributed by atoms with Crippen LogP contribution < -0.4 is 5.32 Å². The lowest BCUT2D eigenvalue weighted by molar-refractivity contribution is 1.36. The number of nitriles is 1. The van der Waals surface area contributed by atoms with Crippen LogP contribution in [-0.2, 0) is 0 Å². The molecule has 1 N–H and O–H groups in total. The molecule has 0 aliphatic carbocycles. The highest BCUT2D eigenvalue weighted by Crippen LogP contribution is 2.27. The molecule has 0 aliphatic rings. The average Bonchev–Trinajstić information content (AvgIpc) is 3.09. The zero-order chi connectivity index (χ0) is 16.9. The highest BCUT2D eigenvalue weighted by Gasteiger charge is 2.09. The Morgan fingerprint density at radius 2 is 1.92 bits per heavy atom. The van der Waals surface area contributed by atoms with Crippen molar-refractivity contribution in [1.29, 1.82) is 5.26 Å². The van der Waals surface area contributed by atoms with Crippen molar-refractivity contribution in [2.24, 2.45) is 0 Å². The van der Waals surface area contributed by atoms with Gasteiger partial charge in [-0.1, -0.05) is 53.5 Å². The highest BCUT2D eigenvalue weighted by atomic mass is 35.5. The normalized spacial score (nSPS) is 11.1. The third-order valence-electron chi connectivity index (χ3n) is 3.23. The Morgan fingerprint density at radius 3 is 2.62 bits per heavy atom. The smallest absolute Gasteiger partial charge is 0.136 e. The highest BCUT2D eigenvalue weighted by molar-refractivity contribution is 7.11. The first-order valence-corrected chi connectivity index (χ1v) is 8.64. The van der Waals surface area contributed by atoms with Crippen LogP contribution in [0.5, 0.6) is 0 Å². The molecule has 2 aromatic carbocycles. The summed E-state index contributed by atoms with van der Waals surface area (Å²) in [5.41, 5.74) is 3.08. The molecule has 0 saturated heterocycles. The van der Waals surface area contributed by atoms with Crippen molar-refractivity contribution in [3.05, 3.63) is 75.2 Å². The van der Waals surface area contributed by atoms with Gasteiger partial charge in [0.15, 0.2) is 0 Å². The van der Waals surface area contributed by atoms with Crippen LogP contribution in [0.1, 0.15) is 5.01 Å². The molecule has 0 saturated carbocycles. The molecule has 6 heteroatoms. The van der Waals surface area contributed by atoms with Gasteiger partial charge < -0.3 is 5.32 Å². The second-order valence-corrected chi connectivity index (χ2v) is 6.52. The van der Waals surface area contributed by atoms with Crippen LogP contribution in [0.25, 0.3) is 16.8 Å². The lowest BCUT2D eigenvalue weighted by atomic mass is 10.2.